The van der Waals surface area contributed by atoms with Crippen molar-refractivity contribution in [1.29, 1.82) is 0 Å². The third-order valence-corrected chi connectivity index (χ3v) is 6.29. The van der Waals surface area contributed by atoms with E-state index < -0.39 is 0 Å². The first kappa shape index (κ1) is 15.2. The van der Waals surface area contributed by atoms with Crippen molar-refractivity contribution in [1.82, 2.24) is 0 Å². The van der Waals surface area contributed by atoms with E-state index >= 15 is 0 Å². The number of fused-ring (bicyclic) bond motifs is 2. The fourth-order valence-corrected chi connectivity index (χ4v) is 5.05. The van der Waals surface area contributed by atoms with Gasteiger partial charge in [0.15, 0.2) is 0 Å². The molecule has 0 saturated carbocycles. The molecule has 122 valence electrons. The Morgan fingerprint density at radius 3 is 2.38 bits per heavy atom. The van der Waals surface area contributed by atoms with Crippen LogP contribution in [0.5, 0.6) is 11.5 Å². The number of aryl methyl sites for hydroxylation is 1. The molecule has 0 saturated heterocycles. The molecular formula is C19H17NO3Se. The molecule has 0 bridgehead atoms. The average Bonchev–Trinajstić information content (AvgIpc) is 3.07. The van der Waals surface area contributed by atoms with Crippen LogP contribution in [-0.2, 0) is 0 Å². The topological polar surface area (TPSA) is 34.8 Å². The van der Waals surface area contributed by atoms with Crippen molar-refractivity contribution in [3.63, 3.8) is 0 Å². The third-order valence-electron chi connectivity index (χ3n) is 3.99. The van der Waals surface area contributed by atoms with Crippen molar-refractivity contribution in [3.05, 3.63) is 54.3 Å². The van der Waals surface area contributed by atoms with E-state index in [0.717, 1.165) is 34.3 Å². The number of nitrogens with zero attached hydrogens (tertiary/aromatic N) is 1. The van der Waals surface area contributed by atoms with Crippen LogP contribution in [0.4, 0.5) is 17.3 Å². The molecule has 0 unspecified atom stereocenters. The van der Waals surface area contributed by atoms with Gasteiger partial charge in [-0.05, 0) is 0 Å². The number of benzene rings is 2. The van der Waals surface area contributed by atoms with Crippen molar-refractivity contribution in [2.75, 3.05) is 19.1 Å². The van der Waals surface area contributed by atoms with Crippen LogP contribution < -0.4 is 23.3 Å². The van der Waals surface area contributed by atoms with Gasteiger partial charge < -0.3 is 0 Å². The molecule has 1 aliphatic heterocycles. The van der Waals surface area contributed by atoms with Crippen molar-refractivity contribution in [3.8, 4) is 11.5 Å². The minimum absolute atomic E-state index is 0.223. The Bertz CT molecular complexity index is 878. The van der Waals surface area contributed by atoms with E-state index in [1.165, 1.54) is 8.92 Å². The second kappa shape index (κ2) is 5.93. The molecule has 0 N–H and O–H groups in total. The quantitative estimate of drug-likeness (QED) is 0.507. The molecule has 0 radical (unpaired) electrons. The van der Waals surface area contributed by atoms with E-state index in [9.17, 15) is 0 Å². The molecule has 2 aromatic carbocycles. The Labute approximate surface area is 147 Å². The summed E-state index contributed by atoms with van der Waals surface area (Å²) in [5.74, 6) is 2.37. The minimum atomic E-state index is 0.223. The first-order valence-electron chi connectivity index (χ1n) is 7.60. The predicted octanol–water partition coefficient (Wildman–Crippen LogP) is 3.04. The van der Waals surface area contributed by atoms with Gasteiger partial charge in [0.1, 0.15) is 0 Å². The summed E-state index contributed by atoms with van der Waals surface area (Å²) in [6.45, 7) is 2.03. The van der Waals surface area contributed by atoms with Gasteiger partial charge in [-0.1, -0.05) is 0 Å². The second-order valence-corrected chi connectivity index (χ2v) is 7.79. The first-order chi connectivity index (χ1) is 11.7. The molecule has 24 heavy (non-hydrogen) atoms. The molecule has 1 aromatic heterocycles. The first-order valence-corrected chi connectivity index (χ1v) is 9.31. The molecule has 2 heterocycles. The number of hydrogen-bond acceptors (Lipinski definition) is 4. The Kier molecular flexibility index (Phi) is 3.75. The van der Waals surface area contributed by atoms with E-state index in [1.807, 2.05) is 31.2 Å². The van der Waals surface area contributed by atoms with Crippen LogP contribution in [0.25, 0.3) is 0 Å². The number of anilines is 3. The molecule has 0 aliphatic carbocycles. The summed E-state index contributed by atoms with van der Waals surface area (Å²) < 4.78 is 19.7. The van der Waals surface area contributed by atoms with E-state index in [-0.39, 0.29) is 15.0 Å². The summed E-state index contributed by atoms with van der Waals surface area (Å²) >= 11 is 0.223. The average molecular weight is 386 g/mol. The summed E-state index contributed by atoms with van der Waals surface area (Å²) in [5, 5.41) is 0. The maximum absolute atomic E-state index is 5.84. The van der Waals surface area contributed by atoms with Crippen molar-refractivity contribution in [2.24, 2.45) is 0 Å². The summed E-state index contributed by atoms with van der Waals surface area (Å²) in [7, 11) is 3.36. The molecule has 0 atom stereocenters. The van der Waals surface area contributed by atoms with Crippen LogP contribution in [0, 0.1) is 6.92 Å². The Morgan fingerprint density at radius 1 is 0.958 bits per heavy atom. The summed E-state index contributed by atoms with van der Waals surface area (Å²) in [4.78, 5) is 2.10. The third kappa shape index (κ3) is 2.29. The van der Waals surface area contributed by atoms with Gasteiger partial charge in [-0.25, -0.2) is 0 Å². The molecule has 0 fully saturated rings. The van der Waals surface area contributed by atoms with Crippen LogP contribution in [0.3, 0.4) is 0 Å². The number of furan rings is 1. The zero-order valence-electron chi connectivity index (χ0n) is 13.7. The van der Waals surface area contributed by atoms with Gasteiger partial charge in [-0.3, -0.25) is 0 Å². The molecule has 0 amide bonds. The van der Waals surface area contributed by atoms with E-state index in [0.29, 0.717) is 0 Å². The fraction of sp³-hybridized carbons (Fsp3) is 0.158. The van der Waals surface area contributed by atoms with Gasteiger partial charge in [0.25, 0.3) is 0 Å². The van der Waals surface area contributed by atoms with Gasteiger partial charge in [0.05, 0.1) is 0 Å². The van der Waals surface area contributed by atoms with Gasteiger partial charge in [-0.15, -0.1) is 0 Å². The molecule has 5 heteroatoms. The number of para-hydroxylation sites is 1. The van der Waals surface area contributed by atoms with E-state index in [4.69, 9.17) is 13.9 Å². The number of ether oxygens (including phenoxy) is 2. The van der Waals surface area contributed by atoms with E-state index in [1.54, 1.807) is 20.5 Å². The molecule has 4 nitrogen and oxygen atoms in total. The number of methoxy groups -OCH3 is 2. The molecule has 1 aliphatic rings. The maximum atomic E-state index is 5.84. The zero-order valence-corrected chi connectivity index (χ0v) is 15.4. The van der Waals surface area contributed by atoms with Gasteiger partial charge in [0.2, 0.25) is 0 Å². The Hall–Kier alpha value is -2.36. The number of rotatable bonds is 3. The van der Waals surface area contributed by atoms with Gasteiger partial charge in [0, 0.05) is 0 Å². The van der Waals surface area contributed by atoms with Crippen molar-refractivity contribution in [2.45, 2.75) is 6.92 Å². The summed E-state index contributed by atoms with van der Waals surface area (Å²) in [6, 6.07) is 14.5. The van der Waals surface area contributed by atoms with Crippen LogP contribution >= 0.6 is 0 Å². The monoisotopic (exact) mass is 387 g/mol. The zero-order chi connectivity index (χ0) is 16.7. The fourth-order valence-electron chi connectivity index (χ4n) is 2.95. The van der Waals surface area contributed by atoms with E-state index in [2.05, 4.69) is 23.1 Å². The van der Waals surface area contributed by atoms with Crippen LogP contribution in [-0.4, -0.2) is 29.2 Å². The van der Waals surface area contributed by atoms with Gasteiger partial charge in [-0.2, -0.15) is 0 Å². The Balaban J connectivity index is 2.02. The molecule has 4 rings (SSSR count). The van der Waals surface area contributed by atoms with Gasteiger partial charge >= 0.3 is 147 Å². The number of hydrogen-bond donors (Lipinski definition) is 0. The summed E-state index contributed by atoms with van der Waals surface area (Å²) in [5.41, 5.74) is 3.06. The predicted molar refractivity (Wildman–Crippen MR) is 96.3 cm³/mol. The molecule has 0 spiro atoms. The second-order valence-electron chi connectivity index (χ2n) is 5.51. The Morgan fingerprint density at radius 2 is 1.67 bits per heavy atom. The van der Waals surface area contributed by atoms with Crippen molar-refractivity contribution < 1.29 is 13.9 Å². The summed E-state index contributed by atoms with van der Waals surface area (Å²) in [6.07, 6.45) is 1.75. The van der Waals surface area contributed by atoms with Crippen LogP contribution in [0.2, 0.25) is 0 Å². The van der Waals surface area contributed by atoms with Crippen LogP contribution in [0.1, 0.15) is 5.56 Å². The standard InChI is InChI=1S/C19H17NO3Se/c1-12-10-14(21-2)18(15(11-12)22-3)20-13-6-4-5-7-16(13)24-17-8-9-23-19(17)20/h4-11H,1-3H3. The molecular weight excluding hydrogens is 369 g/mol. The SMILES string of the molecule is COc1cc(C)cc(OC)c1N1c2ccccc2[Se]c2ccoc21. The van der Waals surface area contributed by atoms with Crippen molar-refractivity contribution >= 4 is 41.1 Å². The normalized spacial score (nSPS) is 12.5. The molecule has 3 aromatic rings. The van der Waals surface area contributed by atoms with Crippen LogP contribution in [0.15, 0.2) is 53.1 Å².